The highest BCUT2D eigenvalue weighted by Crippen LogP contribution is 2.47. The van der Waals surface area contributed by atoms with Gasteiger partial charge in [0.2, 0.25) is 5.88 Å². The molecule has 0 bridgehead atoms. The summed E-state index contributed by atoms with van der Waals surface area (Å²) >= 11 is 0. The number of halogens is 1. The van der Waals surface area contributed by atoms with Gasteiger partial charge in [0, 0.05) is 38.4 Å². The molecule has 1 aliphatic heterocycles. The van der Waals surface area contributed by atoms with Crippen LogP contribution in [0.25, 0.3) is 0 Å². The lowest BCUT2D eigenvalue weighted by Crippen LogP contribution is -2.42. The molecule has 1 saturated heterocycles. The molecule has 2 aliphatic rings. The van der Waals surface area contributed by atoms with Gasteiger partial charge < -0.3 is 15.0 Å². The maximum Gasteiger partial charge on any atom is 0.218 e. The highest BCUT2D eigenvalue weighted by atomic mass is 127. The van der Waals surface area contributed by atoms with Crippen LogP contribution in [0.3, 0.4) is 0 Å². The van der Waals surface area contributed by atoms with Crippen LogP contribution in [0, 0.1) is 5.41 Å². The Morgan fingerprint density at radius 1 is 1.42 bits per heavy atom. The van der Waals surface area contributed by atoms with E-state index in [0.29, 0.717) is 18.6 Å². The molecule has 2 fully saturated rings. The van der Waals surface area contributed by atoms with Crippen LogP contribution in [0.5, 0.6) is 5.88 Å². The Labute approximate surface area is 162 Å². The smallest absolute Gasteiger partial charge is 0.218 e. The Morgan fingerprint density at radius 2 is 2.25 bits per heavy atom. The number of aromatic nitrogens is 1. The molecule has 1 aromatic heterocycles. The van der Waals surface area contributed by atoms with Crippen LogP contribution in [0.4, 0.5) is 0 Å². The van der Waals surface area contributed by atoms with Crippen molar-refractivity contribution in [1.82, 2.24) is 15.2 Å². The number of aliphatic imine (C=N–C) groups is 1. The number of nitrogens with one attached hydrogen (secondary N) is 1. The van der Waals surface area contributed by atoms with E-state index in [1.54, 1.807) is 6.20 Å². The van der Waals surface area contributed by atoms with Gasteiger partial charge in [0.25, 0.3) is 0 Å². The van der Waals surface area contributed by atoms with Crippen LogP contribution < -0.4 is 10.1 Å². The van der Waals surface area contributed by atoms with Crippen molar-refractivity contribution in [2.75, 3.05) is 26.7 Å². The normalized spacial score (nSPS) is 18.9. The number of hydrogen-bond acceptors (Lipinski definition) is 3. The third-order valence-corrected chi connectivity index (χ3v) is 5.09. The average molecular weight is 444 g/mol. The summed E-state index contributed by atoms with van der Waals surface area (Å²) in [5, 5.41) is 3.49. The topological polar surface area (TPSA) is 49.8 Å². The summed E-state index contributed by atoms with van der Waals surface area (Å²) in [6.07, 6.45) is 8.25. The lowest BCUT2D eigenvalue weighted by molar-refractivity contribution is 0.151. The van der Waals surface area contributed by atoms with Crippen molar-refractivity contribution >= 4 is 29.9 Å². The first-order valence-electron chi connectivity index (χ1n) is 8.79. The molecule has 2 heterocycles. The summed E-state index contributed by atoms with van der Waals surface area (Å²) in [6, 6.07) is 4.02. The fraction of sp³-hybridized carbons (Fsp3) is 0.667. The van der Waals surface area contributed by atoms with Crippen LogP contribution in [0.15, 0.2) is 23.3 Å². The number of ether oxygens (including phenoxy) is 1. The number of rotatable bonds is 5. The van der Waals surface area contributed by atoms with Crippen molar-refractivity contribution < 1.29 is 4.74 Å². The van der Waals surface area contributed by atoms with E-state index < -0.39 is 0 Å². The van der Waals surface area contributed by atoms with Crippen LogP contribution >= 0.6 is 24.0 Å². The second-order valence-electron chi connectivity index (χ2n) is 6.74. The second-order valence-corrected chi connectivity index (χ2v) is 6.74. The molecule has 0 aromatic carbocycles. The molecule has 1 spiro atoms. The zero-order valence-corrected chi connectivity index (χ0v) is 17.1. The molecule has 134 valence electrons. The summed E-state index contributed by atoms with van der Waals surface area (Å²) in [7, 11) is 1.87. The van der Waals surface area contributed by atoms with Crippen molar-refractivity contribution in [1.29, 1.82) is 0 Å². The molecular formula is C18H29IN4O. The van der Waals surface area contributed by atoms with Crippen LogP contribution in [-0.4, -0.2) is 42.6 Å². The average Bonchev–Trinajstić information content (AvgIpc) is 3.00. The van der Waals surface area contributed by atoms with E-state index in [9.17, 15) is 0 Å². The second kappa shape index (κ2) is 8.87. The fourth-order valence-corrected chi connectivity index (χ4v) is 3.59. The van der Waals surface area contributed by atoms with E-state index in [1.165, 1.54) is 25.7 Å². The van der Waals surface area contributed by atoms with E-state index in [0.717, 1.165) is 36.9 Å². The highest BCUT2D eigenvalue weighted by molar-refractivity contribution is 14.0. The minimum absolute atomic E-state index is 0. The standard InChI is InChI=1S/C18H28N4O.HI/c1-3-12-23-16-15(6-4-10-20-16)13-21-17(19-2)22-11-9-18(14-22)7-5-8-18;/h4,6,10H,3,5,7-9,11-14H2,1-2H3,(H,19,21);1H. The third kappa shape index (κ3) is 4.32. The quantitative estimate of drug-likeness (QED) is 0.430. The zero-order valence-electron chi connectivity index (χ0n) is 14.8. The molecule has 5 nitrogen and oxygen atoms in total. The molecule has 0 amide bonds. The molecule has 1 aromatic rings. The molecule has 6 heteroatoms. The largest absolute Gasteiger partial charge is 0.477 e. The molecule has 0 atom stereocenters. The maximum atomic E-state index is 5.73. The molecule has 0 radical (unpaired) electrons. The Morgan fingerprint density at radius 3 is 2.88 bits per heavy atom. The summed E-state index contributed by atoms with van der Waals surface area (Å²) in [4.78, 5) is 11.2. The summed E-state index contributed by atoms with van der Waals surface area (Å²) in [5.41, 5.74) is 1.67. The minimum atomic E-state index is 0. The predicted molar refractivity (Wildman–Crippen MR) is 108 cm³/mol. The van der Waals surface area contributed by atoms with Gasteiger partial charge in [-0.1, -0.05) is 19.4 Å². The number of guanidine groups is 1. The Hall–Kier alpha value is -1.05. The van der Waals surface area contributed by atoms with Crippen molar-refractivity contribution in [3.8, 4) is 5.88 Å². The van der Waals surface area contributed by atoms with Crippen LogP contribution in [0.1, 0.15) is 44.6 Å². The van der Waals surface area contributed by atoms with Gasteiger partial charge in [-0.25, -0.2) is 4.98 Å². The van der Waals surface area contributed by atoms with E-state index >= 15 is 0 Å². The molecule has 0 unspecified atom stereocenters. The van der Waals surface area contributed by atoms with E-state index in [-0.39, 0.29) is 24.0 Å². The van der Waals surface area contributed by atoms with Gasteiger partial charge in [0.05, 0.1) is 6.61 Å². The molecule has 1 aliphatic carbocycles. The van der Waals surface area contributed by atoms with Gasteiger partial charge in [-0.05, 0) is 37.2 Å². The molecule has 3 rings (SSSR count). The van der Waals surface area contributed by atoms with Gasteiger partial charge in [-0.2, -0.15) is 0 Å². The Bertz CT molecular complexity index is 560. The van der Waals surface area contributed by atoms with Gasteiger partial charge in [-0.3, -0.25) is 4.99 Å². The van der Waals surface area contributed by atoms with Crippen molar-refractivity contribution in [3.05, 3.63) is 23.9 Å². The highest BCUT2D eigenvalue weighted by Gasteiger charge is 2.43. The lowest BCUT2D eigenvalue weighted by Gasteiger charge is -2.38. The van der Waals surface area contributed by atoms with Gasteiger partial charge >= 0.3 is 0 Å². The summed E-state index contributed by atoms with van der Waals surface area (Å²) in [5.74, 6) is 1.73. The first-order valence-corrected chi connectivity index (χ1v) is 8.79. The Balaban J connectivity index is 0.00000208. The van der Waals surface area contributed by atoms with Crippen molar-refractivity contribution in [2.24, 2.45) is 10.4 Å². The number of likely N-dealkylation sites (tertiary alicyclic amines) is 1. The molecule has 1 saturated carbocycles. The van der Waals surface area contributed by atoms with E-state index in [4.69, 9.17) is 4.74 Å². The number of pyridine rings is 1. The van der Waals surface area contributed by atoms with Crippen LogP contribution in [-0.2, 0) is 6.54 Å². The number of hydrogen-bond donors (Lipinski definition) is 1. The molecular weight excluding hydrogens is 415 g/mol. The molecule has 24 heavy (non-hydrogen) atoms. The third-order valence-electron chi connectivity index (χ3n) is 5.09. The Kier molecular flexibility index (Phi) is 7.13. The predicted octanol–water partition coefficient (Wildman–Crippen LogP) is 3.44. The van der Waals surface area contributed by atoms with E-state index in [1.807, 2.05) is 13.1 Å². The zero-order chi connectivity index (χ0) is 16.1. The minimum Gasteiger partial charge on any atom is -0.477 e. The summed E-state index contributed by atoms with van der Waals surface area (Å²) in [6.45, 7) is 5.77. The van der Waals surface area contributed by atoms with E-state index in [2.05, 4.69) is 33.2 Å². The lowest BCUT2D eigenvalue weighted by atomic mass is 9.68. The summed E-state index contributed by atoms with van der Waals surface area (Å²) < 4.78 is 5.73. The SMILES string of the molecule is CCCOc1ncccc1CNC(=NC)N1CCC2(CCC2)C1.I. The fourth-order valence-electron chi connectivity index (χ4n) is 3.59. The van der Waals surface area contributed by atoms with Crippen LogP contribution in [0.2, 0.25) is 0 Å². The maximum absolute atomic E-state index is 5.73. The first kappa shape index (κ1) is 19.3. The van der Waals surface area contributed by atoms with Gasteiger partial charge in [-0.15, -0.1) is 24.0 Å². The van der Waals surface area contributed by atoms with Crippen molar-refractivity contribution in [2.45, 2.75) is 45.6 Å². The van der Waals surface area contributed by atoms with Gasteiger partial charge in [0.15, 0.2) is 5.96 Å². The molecule has 1 N–H and O–H groups in total. The van der Waals surface area contributed by atoms with Crippen molar-refractivity contribution in [3.63, 3.8) is 0 Å². The first-order chi connectivity index (χ1) is 11.3. The van der Waals surface area contributed by atoms with Gasteiger partial charge in [0.1, 0.15) is 0 Å². The number of nitrogens with zero attached hydrogens (tertiary/aromatic N) is 3. The monoisotopic (exact) mass is 444 g/mol.